The van der Waals surface area contributed by atoms with E-state index in [1.165, 1.54) is 6.92 Å². The molecule has 0 radical (unpaired) electrons. The molecule has 0 fully saturated rings. The van der Waals surface area contributed by atoms with E-state index in [1.54, 1.807) is 23.1 Å². The molecule has 0 saturated carbocycles. The van der Waals surface area contributed by atoms with E-state index < -0.39 is 18.0 Å². The first-order valence-electron chi connectivity index (χ1n) is 12.5. The molecule has 0 saturated heterocycles. The van der Waals surface area contributed by atoms with Gasteiger partial charge in [0.2, 0.25) is 0 Å². The molecule has 8 heteroatoms. The van der Waals surface area contributed by atoms with Crippen LogP contribution in [0.4, 0.5) is 4.79 Å². The number of carboxylic acid groups (broad SMARTS) is 1. The molecule has 3 rings (SSSR count). The van der Waals surface area contributed by atoms with Crippen LogP contribution in [0.2, 0.25) is 5.02 Å². The highest BCUT2D eigenvalue weighted by Gasteiger charge is 2.28. The highest BCUT2D eigenvalue weighted by molar-refractivity contribution is 6.34. The zero-order chi connectivity index (χ0) is 26.2. The molecule has 1 aliphatic rings. The average Bonchev–Trinajstić information content (AvgIpc) is 2.91. The Kier molecular flexibility index (Phi) is 9.76. The molecule has 1 aliphatic heterocycles. The number of hydrogen-bond acceptors (Lipinski definition) is 4. The smallest absolute Gasteiger partial charge is 0.325 e. The summed E-state index contributed by atoms with van der Waals surface area (Å²) < 4.78 is 5.62. The average molecular weight is 515 g/mol. The van der Waals surface area contributed by atoms with E-state index in [1.807, 2.05) is 38.1 Å². The molecular weight excluding hydrogens is 480 g/mol. The molecule has 2 aromatic carbocycles. The van der Waals surface area contributed by atoms with Crippen LogP contribution >= 0.6 is 11.6 Å². The Bertz CT molecular complexity index is 1090. The van der Waals surface area contributed by atoms with Crippen molar-refractivity contribution in [2.45, 2.75) is 77.4 Å². The van der Waals surface area contributed by atoms with Crippen LogP contribution in [0, 0.1) is 0 Å². The van der Waals surface area contributed by atoms with Crippen LogP contribution < -0.4 is 10.1 Å². The minimum absolute atomic E-state index is 0.0195. The topological polar surface area (TPSA) is 95.9 Å². The minimum Gasteiger partial charge on any atom is -0.494 e. The molecule has 2 amide bonds. The minimum atomic E-state index is -1.08. The number of aliphatic carboxylic acids is 1. The van der Waals surface area contributed by atoms with Gasteiger partial charge in [0.1, 0.15) is 11.8 Å². The van der Waals surface area contributed by atoms with Gasteiger partial charge in [-0.25, -0.2) is 4.79 Å². The van der Waals surface area contributed by atoms with Crippen molar-refractivity contribution in [2.24, 2.45) is 0 Å². The van der Waals surface area contributed by atoms with Crippen LogP contribution in [-0.4, -0.2) is 46.5 Å². The normalized spacial score (nSPS) is 18.7. The molecule has 2 aromatic rings. The fourth-order valence-electron chi connectivity index (χ4n) is 4.57. The summed E-state index contributed by atoms with van der Waals surface area (Å²) in [6.07, 6.45) is 3.56. The highest BCUT2D eigenvalue weighted by atomic mass is 35.5. The second-order valence-corrected chi connectivity index (χ2v) is 9.84. The summed E-state index contributed by atoms with van der Waals surface area (Å²) in [6.45, 7) is 6.37. The van der Waals surface area contributed by atoms with Gasteiger partial charge in [0, 0.05) is 24.6 Å². The zero-order valence-corrected chi connectivity index (χ0v) is 21.9. The number of fused-ring (bicyclic) bond motifs is 1. The third-order valence-electron chi connectivity index (χ3n) is 6.66. The number of halogens is 1. The van der Waals surface area contributed by atoms with Gasteiger partial charge in [0.25, 0.3) is 0 Å². The monoisotopic (exact) mass is 514 g/mol. The van der Waals surface area contributed by atoms with Gasteiger partial charge in [-0.1, -0.05) is 49.2 Å². The number of rotatable bonds is 8. The van der Waals surface area contributed by atoms with E-state index >= 15 is 0 Å². The first-order chi connectivity index (χ1) is 17.2. The Hall–Kier alpha value is -3.06. The van der Waals surface area contributed by atoms with E-state index in [9.17, 15) is 19.5 Å². The van der Waals surface area contributed by atoms with Crippen LogP contribution in [0.5, 0.6) is 5.75 Å². The maximum atomic E-state index is 13.3. The number of ketones is 1. The number of nitrogens with one attached hydrogen (secondary N) is 1. The Balaban J connectivity index is 1.83. The molecule has 194 valence electrons. The number of urea groups is 1. The Labute approximate surface area is 217 Å². The number of ether oxygens (including phenoxy) is 1. The third-order valence-corrected chi connectivity index (χ3v) is 6.97. The molecule has 0 spiro atoms. The summed E-state index contributed by atoms with van der Waals surface area (Å²) in [5.74, 6) is -0.480. The van der Waals surface area contributed by atoms with Gasteiger partial charge in [-0.2, -0.15) is 0 Å². The quantitative estimate of drug-likeness (QED) is 0.418. The SMILES string of the molecule is CCCOc1ccc(C(=O)CC2CCC[C@@H](C)N(C(=O)N[C@@H](C)C(=O)O)Cc3ccccc32)c(Cl)c1. The van der Waals surface area contributed by atoms with Gasteiger partial charge in [0.05, 0.1) is 11.6 Å². The molecule has 2 N–H and O–H groups in total. The van der Waals surface area contributed by atoms with Gasteiger partial charge in [0.15, 0.2) is 5.78 Å². The van der Waals surface area contributed by atoms with Gasteiger partial charge >= 0.3 is 12.0 Å². The number of Topliss-reactive ketones (excluding diaryl/α,β-unsaturated/α-hetero) is 1. The molecule has 1 heterocycles. The van der Waals surface area contributed by atoms with Gasteiger partial charge in [-0.3, -0.25) is 9.59 Å². The Morgan fingerprint density at radius 2 is 1.94 bits per heavy atom. The van der Waals surface area contributed by atoms with Crippen molar-refractivity contribution >= 4 is 29.4 Å². The van der Waals surface area contributed by atoms with Crippen LogP contribution in [0.3, 0.4) is 0 Å². The second kappa shape index (κ2) is 12.8. The summed E-state index contributed by atoms with van der Waals surface area (Å²) in [5.41, 5.74) is 2.47. The third kappa shape index (κ3) is 7.00. The van der Waals surface area contributed by atoms with Gasteiger partial charge in [-0.05, 0) is 68.4 Å². The van der Waals surface area contributed by atoms with Crippen LogP contribution in [0.15, 0.2) is 42.5 Å². The molecule has 1 unspecified atom stereocenters. The van der Waals surface area contributed by atoms with Crippen molar-refractivity contribution in [1.29, 1.82) is 0 Å². The van der Waals surface area contributed by atoms with Gasteiger partial charge in [-0.15, -0.1) is 0 Å². The van der Waals surface area contributed by atoms with Crippen molar-refractivity contribution in [2.75, 3.05) is 6.61 Å². The van der Waals surface area contributed by atoms with E-state index in [4.69, 9.17) is 16.3 Å². The first kappa shape index (κ1) is 27.5. The summed E-state index contributed by atoms with van der Waals surface area (Å²) >= 11 is 6.45. The summed E-state index contributed by atoms with van der Waals surface area (Å²) in [4.78, 5) is 39.2. The number of carboxylic acids is 1. The number of amides is 2. The predicted octanol–water partition coefficient (Wildman–Crippen LogP) is 6.04. The molecular formula is C28H35ClN2O5. The Morgan fingerprint density at radius 1 is 1.19 bits per heavy atom. The number of nitrogens with zero attached hydrogens (tertiary/aromatic N) is 1. The first-order valence-corrected chi connectivity index (χ1v) is 12.9. The standard InChI is InChI=1S/C28H35ClN2O5/c1-4-14-36-22-12-13-24(25(29)16-22)26(32)15-20-10-7-8-18(2)31(28(35)30-19(3)27(33)34)17-21-9-5-6-11-23(20)21/h5-6,9,11-13,16,18-20H,4,7-8,10,14-15,17H2,1-3H3,(H,30,35)(H,33,34)/t18-,19+,20?/m1/s1. The lowest BCUT2D eigenvalue weighted by molar-refractivity contribution is -0.138. The molecule has 36 heavy (non-hydrogen) atoms. The summed E-state index contributed by atoms with van der Waals surface area (Å²) in [5, 5.41) is 12.2. The lowest BCUT2D eigenvalue weighted by atomic mass is 9.85. The lowest BCUT2D eigenvalue weighted by Gasteiger charge is -2.30. The molecule has 0 bridgehead atoms. The second-order valence-electron chi connectivity index (χ2n) is 9.43. The number of carbonyl (C=O) groups is 3. The van der Waals surface area contributed by atoms with Crippen molar-refractivity contribution in [3.05, 3.63) is 64.2 Å². The van der Waals surface area contributed by atoms with E-state index in [0.29, 0.717) is 35.9 Å². The highest BCUT2D eigenvalue weighted by Crippen LogP contribution is 2.34. The van der Waals surface area contributed by atoms with Crippen LogP contribution in [0.25, 0.3) is 0 Å². The lowest BCUT2D eigenvalue weighted by Crippen LogP contribution is -2.49. The van der Waals surface area contributed by atoms with Crippen molar-refractivity contribution < 1.29 is 24.2 Å². The van der Waals surface area contributed by atoms with Crippen molar-refractivity contribution in [3.8, 4) is 5.75 Å². The maximum Gasteiger partial charge on any atom is 0.325 e. The summed E-state index contributed by atoms with van der Waals surface area (Å²) in [7, 11) is 0. The molecule has 0 aliphatic carbocycles. The number of hydrogen-bond donors (Lipinski definition) is 2. The molecule has 7 nitrogen and oxygen atoms in total. The molecule has 3 atom stereocenters. The fourth-order valence-corrected chi connectivity index (χ4v) is 4.84. The summed E-state index contributed by atoms with van der Waals surface area (Å²) in [6, 6.07) is 11.6. The predicted molar refractivity (Wildman–Crippen MR) is 140 cm³/mol. The largest absolute Gasteiger partial charge is 0.494 e. The van der Waals surface area contributed by atoms with Crippen molar-refractivity contribution in [3.63, 3.8) is 0 Å². The van der Waals surface area contributed by atoms with E-state index in [2.05, 4.69) is 5.32 Å². The van der Waals surface area contributed by atoms with Gasteiger partial charge < -0.3 is 20.1 Å². The Morgan fingerprint density at radius 3 is 2.64 bits per heavy atom. The van der Waals surface area contributed by atoms with Crippen molar-refractivity contribution in [1.82, 2.24) is 10.2 Å². The fraction of sp³-hybridized carbons (Fsp3) is 0.464. The number of carbonyl (C=O) groups excluding carboxylic acids is 2. The zero-order valence-electron chi connectivity index (χ0n) is 21.1. The van der Waals surface area contributed by atoms with E-state index in [-0.39, 0.29) is 17.7 Å². The molecule has 0 aromatic heterocycles. The van der Waals surface area contributed by atoms with E-state index in [0.717, 1.165) is 36.8 Å². The number of benzene rings is 2. The van der Waals surface area contributed by atoms with Crippen LogP contribution in [-0.2, 0) is 11.3 Å². The maximum absolute atomic E-state index is 13.3. The van der Waals surface area contributed by atoms with Crippen LogP contribution in [0.1, 0.15) is 80.3 Å².